The number of nitrogens with zero attached hydrogens (tertiary/aromatic N) is 1. The molecule has 0 radical (unpaired) electrons. The van der Waals surface area contributed by atoms with Crippen molar-refractivity contribution in [1.82, 2.24) is 10.9 Å². The second-order valence-corrected chi connectivity index (χ2v) is 5.21. The van der Waals surface area contributed by atoms with E-state index in [0.717, 1.165) is 6.07 Å². The van der Waals surface area contributed by atoms with Crippen molar-refractivity contribution in [3.8, 4) is 0 Å². The first-order valence-electron chi connectivity index (χ1n) is 6.35. The van der Waals surface area contributed by atoms with Crippen molar-refractivity contribution in [2.75, 3.05) is 0 Å². The fraction of sp³-hybridized carbons (Fsp3) is 0. The largest absolute Gasteiger partial charge is 0.288 e. The number of hydrogen-bond acceptors (Lipinski definition) is 4. The number of nitrogens with one attached hydrogen (secondary N) is 2. The molecule has 2 aromatic carbocycles. The molecule has 0 aliphatic rings. The highest BCUT2D eigenvalue weighted by molar-refractivity contribution is 9.10. The summed E-state index contributed by atoms with van der Waals surface area (Å²) in [6.07, 6.45) is 1.23. The Kier molecular flexibility index (Phi) is 5.56. The van der Waals surface area contributed by atoms with E-state index in [9.17, 15) is 14.0 Å². The highest BCUT2D eigenvalue weighted by Crippen LogP contribution is 2.15. The second kappa shape index (κ2) is 7.61. The van der Waals surface area contributed by atoms with Gasteiger partial charge < -0.3 is 0 Å². The molecule has 3 N–H and O–H groups in total. The summed E-state index contributed by atoms with van der Waals surface area (Å²) in [6.45, 7) is 0. The van der Waals surface area contributed by atoms with E-state index in [-0.39, 0.29) is 5.56 Å². The van der Waals surface area contributed by atoms with E-state index in [1.807, 2.05) is 0 Å². The van der Waals surface area contributed by atoms with Gasteiger partial charge in [-0.2, -0.15) is 5.10 Å². The van der Waals surface area contributed by atoms with Crippen LogP contribution in [0.3, 0.4) is 0 Å². The topological polar surface area (TPSA) is 90.8 Å². The van der Waals surface area contributed by atoms with Crippen molar-refractivity contribution in [2.24, 2.45) is 5.10 Å². The van der Waals surface area contributed by atoms with Gasteiger partial charge in [0.1, 0.15) is 5.82 Å². The number of hydrogen-bond donors (Lipinski definition) is 3. The van der Waals surface area contributed by atoms with Crippen LogP contribution < -0.4 is 10.9 Å². The summed E-state index contributed by atoms with van der Waals surface area (Å²) in [7, 11) is 0. The zero-order valence-electron chi connectivity index (χ0n) is 11.6. The van der Waals surface area contributed by atoms with Crippen molar-refractivity contribution in [1.29, 1.82) is 0 Å². The molecule has 0 fully saturated rings. The summed E-state index contributed by atoms with van der Waals surface area (Å²) in [5.74, 6) is -2.20. The quantitative estimate of drug-likeness (QED) is 0.433. The molecular formula is C15H11BrFN3O3. The average Bonchev–Trinajstić information content (AvgIpc) is 2.54. The Morgan fingerprint density at radius 3 is 2.52 bits per heavy atom. The van der Waals surface area contributed by atoms with Crippen LogP contribution in [-0.2, 0) is 0 Å². The summed E-state index contributed by atoms with van der Waals surface area (Å²) in [5.41, 5.74) is 4.11. The average molecular weight is 380 g/mol. The third kappa shape index (κ3) is 4.21. The van der Waals surface area contributed by atoms with Gasteiger partial charge in [-0.15, -0.1) is 0 Å². The van der Waals surface area contributed by atoms with Crippen molar-refractivity contribution in [3.63, 3.8) is 0 Å². The molecule has 2 rings (SSSR count). The summed E-state index contributed by atoms with van der Waals surface area (Å²) in [4.78, 5) is 23.0. The number of amides is 2. The Bertz CT molecular complexity index is 780. The van der Waals surface area contributed by atoms with E-state index < -0.39 is 17.6 Å². The van der Waals surface area contributed by atoms with Crippen molar-refractivity contribution in [3.05, 3.63) is 69.4 Å². The molecule has 2 aromatic rings. The van der Waals surface area contributed by atoms with Gasteiger partial charge in [-0.1, -0.05) is 18.2 Å². The van der Waals surface area contributed by atoms with Gasteiger partial charge in [0, 0.05) is 4.47 Å². The highest BCUT2D eigenvalue weighted by atomic mass is 79.9. The molecule has 0 aliphatic carbocycles. The molecule has 0 unspecified atom stereocenters. The number of carbonyl (C=O) groups excluding carboxylic acids is 2. The maximum absolute atomic E-state index is 13.7. The predicted octanol–water partition coefficient (Wildman–Crippen LogP) is 2.47. The Labute approximate surface area is 139 Å². The van der Waals surface area contributed by atoms with Crippen LogP contribution in [0.4, 0.5) is 4.39 Å². The van der Waals surface area contributed by atoms with E-state index in [4.69, 9.17) is 5.21 Å². The van der Waals surface area contributed by atoms with Gasteiger partial charge in [-0.3, -0.25) is 14.8 Å². The number of hydroxylamine groups is 1. The lowest BCUT2D eigenvalue weighted by molar-refractivity contribution is 0.0701. The molecule has 8 heteroatoms. The van der Waals surface area contributed by atoms with Crippen LogP contribution in [0.2, 0.25) is 0 Å². The minimum absolute atomic E-state index is 0.304. The summed E-state index contributed by atoms with van der Waals surface area (Å²) in [5, 5.41) is 12.2. The highest BCUT2D eigenvalue weighted by Gasteiger charge is 2.11. The van der Waals surface area contributed by atoms with Gasteiger partial charge in [0.25, 0.3) is 11.8 Å². The van der Waals surface area contributed by atoms with Crippen molar-refractivity contribution < 1.29 is 19.2 Å². The standard InChI is InChI=1S/C15H11BrFN3O3/c16-12-4-2-1-3-10(12)14(21)19-18-8-9-5-6-11(13(17)7-9)15(22)20-23/h1-8,23H,(H,19,21)(H,20,22). The molecule has 0 aromatic heterocycles. The zero-order chi connectivity index (χ0) is 16.8. The smallest absolute Gasteiger partial charge is 0.277 e. The fourth-order valence-corrected chi connectivity index (χ4v) is 2.19. The minimum Gasteiger partial charge on any atom is -0.288 e. The second-order valence-electron chi connectivity index (χ2n) is 4.36. The van der Waals surface area contributed by atoms with Gasteiger partial charge in [0.15, 0.2) is 0 Å². The molecule has 23 heavy (non-hydrogen) atoms. The van der Waals surface area contributed by atoms with Crippen LogP contribution in [0.1, 0.15) is 26.3 Å². The first kappa shape index (κ1) is 16.8. The van der Waals surface area contributed by atoms with E-state index in [1.165, 1.54) is 23.8 Å². The first-order chi connectivity index (χ1) is 11.0. The van der Waals surface area contributed by atoms with Crippen molar-refractivity contribution in [2.45, 2.75) is 0 Å². The summed E-state index contributed by atoms with van der Waals surface area (Å²) in [6, 6.07) is 10.5. The predicted molar refractivity (Wildman–Crippen MR) is 84.9 cm³/mol. The first-order valence-corrected chi connectivity index (χ1v) is 7.14. The normalized spacial score (nSPS) is 10.6. The number of carbonyl (C=O) groups is 2. The molecule has 0 saturated heterocycles. The molecule has 6 nitrogen and oxygen atoms in total. The number of halogens is 2. The molecular weight excluding hydrogens is 369 g/mol. The number of hydrazone groups is 1. The lowest BCUT2D eigenvalue weighted by atomic mass is 10.1. The fourth-order valence-electron chi connectivity index (χ4n) is 1.73. The minimum atomic E-state index is -0.951. The van der Waals surface area contributed by atoms with E-state index >= 15 is 0 Å². The van der Waals surface area contributed by atoms with E-state index in [1.54, 1.807) is 24.3 Å². The van der Waals surface area contributed by atoms with Gasteiger partial charge in [-0.05, 0) is 45.8 Å². The molecule has 2 amide bonds. The van der Waals surface area contributed by atoms with Gasteiger partial charge in [0.2, 0.25) is 0 Å². The van der Waals surface area contributed by atoms with Gasteiger partial charge in [0.05, 0.1) is 17.3 Å². The molecule has 0 heterocycles. The third-order valence-electron chi connectivity index (χ3n) is 2.84. The summed E-state index contributed by atoms with van der Waals surface area (Å²) >= 11 is 3.25. The lowest BCUT2D eigenvalue weighted by Gasteiger charge is -2.03. The molecule has 0 atom stereocenters. The third-order valence-corrected chi connectivity index (χ3v) is 3.53. The SMILES string of the molecule is O=C(NO)c1ccc(C=NNC(=O)c2ccccc2Br)cc1F. The van der Waals surface area contributed by atoms with Crippen LogP contribution in [0.15, 0.2) is 52.0 Å². The molecule has 0 saturated carbocycles. The Morgan fingerprint density at radius 2 is 1.87 bits per heavy atom. The van der Waals surface area contributed by atoms with E-state index in [0.29, 0.717) is 15.6 Å². The monoisotopic (exact) mass is 379 g/mol. The maximum Gasteiger partial charge on any atom is 0.277 e. The van der Waals surface area contributed by atoms with Crippen LogP contribution in [0.25, 0.3) is 0 Å². The van der Waals surface area contributed by atoms with Gasteiger partial charge >= 0.3 is 0 Å². The van der Waals surface area contributed by atoms with E-state index in [2.05, 4.69) is 26.5 Å². The molecule has 0 spiro atoms. The van der Waals surface area contributed by atoms with Gasteiger partial charge in [-0.25, -0.2) is 15.3 Å². The van der Waals surface area contributed by atoms with Crippen LogP contribution in [-0.4, -0.2) is 23.2 Å². The lowest BCUT2D eigenvalue weighted by Crippen LogP contribution is -2.20. The van der Waals surface area contributed by atoms with Crippen molar-refractivity contribution >= 4 is 34.0 Å². The maximum atomic E-state index is 13.7. The Hall–Kier alpha value is -2.58. The Balaban J connectivity index is 2.06. The number of benzene rings is 2. The molecule has 0 bridgehead atoms. The number of rotatable bonds is 4. The van der Waals surface area contributed by atoms with Crippen LogP contribution in [0.5, 0.6) is 0 Å². The zero-order valence-corrected chi connectivity index (χ0v) is 13.2. The summed E-state index contributed by atoms with van der Waals surface area (Å²) < 4.78 is 14.3. The van der Waals surface area contributed by atoms with Crippen LogP contribution >= 0.6 is 15.9 Å². The van der Waals surface area contributed by atoms with Crippen LogP contribution in [0, 0.1) is 5.82 Å². The molecule has 118 valence electrons. The Morgan fingerprint density at radius 1 is 1.13 bits per heavy atom. The molecule has 0 aliphatic heterocycles.